The highest BCUT2D eigenvalue weighted by Gasteiger charge is 2.35. The summed E-state index contributed by atoms with van der Waals surface area (Å²) in [6, 6.07) is 8.95. The third-order valence-electron chi connectivity index (χ3n) is 4.75. The van der Waals surface area contributed by atoms with Crippen molar-refractivity contribution in [1.82, 2.24) is 4.90 Å². The molecule has 1 saturated carbocycles. The summed E-state index contributed by atoms with van der Waals surface area (Å²) < 4.78 is 0. The van der Waals surface area contributed by atoms with Gasteiger partial charge in [0.15, 0.2) is 0 Å². The molecule has 1 saturated heterocycles. The Kier molecular flexibility index (Phi) is 3.56. The Labute approximate surface area is 115 Å². The number of fused-ring (bicyclic) bond motifs is 1. The first-order valence-corrected chi connectivity index (χ1v) is 7.41. The van der Waals surface area contributed by atoms with E-state index in [9.17, 15) is 0 Å². The number of likely N-dealkylation sites (tertiary alicyclic amines) is 1. The molecular weight excluding hydrogens is 234 g/mol. The minimum Gasteiger partial charge on any atom is -0.384 e. The minimum absolute atomic E-state index is 0.166. The van der Waals surface area contributed by atoms with Crippen molar-refractivity contribution in [3.8, 4) is 0 Å². The Balaban J connectivity index is 1.71. The van der Waals surface area contributed by atoms with Gasteiger partial charge in [-0.05, 0) is 43.4 Å². The van der Waals surface area contributed by atoms with Gasteiger partial charge in [-0.25, -0.2) is 0 Å². The molecule has 102 valence electrons. The van der Waals surface area contributed by atoms with Gasteiger partial charge >= 0.3 is 0 Å². The van der Waals surface area contributed by atoms with E-state index >= 15 is 0 Å². The van der Waals surface area contributed by atoms with Crippen LogP contribution in [0.15, 0.2) is 24.3 Å². The predicted molar refractivity (Wildman–Crippen MR) is 78.2 cm³/mol. The van der Waals surface area contributed by atoms with Gasteiger partial charge < -0.3 is 5.73 Å². The fourth-order valence-corrected chi connectivity index (χ4v) is 3.77. The van der Waals surface area contributed by atoms with Crippen LogP contribution in [0.3, 0.4) is 0 Å². The summed E-state index contributed by atoms with van der Waals surface area (Å²) in [5.41, 5.74) is 7.70. The number of nitrogens with two attached hydrogens (primary N) is 1. The molecule has 2 atom stereocenters. The lowest BCUT2D eigenvalue weighted by Crippen LogP contribution is -2.34. The topological polar surface area (TPSA) is 53.1 Å². The molecule has 0 spiro atoms. The minimum atomic E-state index is 0.166. The number of rotatable bonds is 3. The molecule has 3 N–H and O–H groups in total. The highest BCUT2D eigenvalue weighted by atomic mass is 15.2. The van der Waals surface area contributed by atoms with Gasteiger partial charge in [-0.1, -0.05) is 31.0 Å². The van der Waals surface area contributed by atoms with Crippen molar-refractivity contribution in [2.24, 2.45) is 11.7 Å². The third-order valence-corrected chi connectivity index (χ3v) is 4.75. The first-order valence-electron chi connectivity index (χ1n) is 7.41. The normalized spacial score (nSPS) is 27.2. The van der Waals surface area contributed by atoms with Crippen molar-refractivity contribution >= 4 is 5.84 Å². The molecular formula is C16H23N3. The molecule has 0 radical (unpaired) electrons. The van der Waals surface area contributed by atoms with Gasteiger partial charge in [-0.2, -0.15) is 0 Å². The second kappa shape index (κ2) is 5.33. The van der Waals surface area contributed by atoms with Gasteiger partial charge in [-0.3, -0.25) is 10.3 Å². The maximum atomic E-state index is 7.53. The summed E-state index contributed by atoms with van der Waals surface area (Å²) >= 11 is 0. The van der Waals surface area contributed by atoms with Crippen LogP contribution in [0.2, 0.25) is 0 Å². The van der Waals surface area contributed by atoms with Crippen LogP contribution in [0, 0.1) is 11.3 Å². The first-order chi connectivity index (χ1) is 9.24. The van der Waals surface area contributed by atoms with Crippen molar-refractivity contribution in [1.29, 1.82) is 5.41 Å². The summed E-state index contributed by atoms with van der Waals surface area (Å²) in [6.45, 7) is 2.25. The average molecular weight is 257 g/mol. The second-order valence-corrected chi connectivity index (χ2v) is 5.99. The maximum Gasteiger partial charge on any atom is 0.122 e. The molecule has 0 amide bonds. The molecule has 0 bridgehead atoms. The van der Waals surface area contributed by atoms with Gasteiger partial charge in [0.25, 0.3) is 0 Å². The van der Waals surface area contributed by atoms with E-state index in [1.807, 2.05) is 12.1 Å². The predicted octanol–water partition coefficient (Wildman–Crippen LogP) is 2.74. The number of nitrogen functional groups attached to an aromatic ring is 1. The molecule has 2 aliphatic rings. The number of nitrogens with one attached hydrogen (secondary N) is 1. The van der Waals surface area contributed by atoms with E-state index in [0.29, 0.717) is 0 Å². The molecule has 1 aromatic rings. The molecule has 2 unspecified atom stereocenters. The van der Waals surface area contributed by atoms with E-state index in [-0.39, 0.29) is 5.84 Å². The summed E-state index contributed by atoms with van der Waals surface area (Å²) in [7, 11) is 0. The van der Waals surface area contributed by atoms with Gasteiger partial charge in [0.2, 0.25) is 0 Å². The molecule has 3 rings (SSSR count). The Bertz CT molecular complexity index is 469. The standard InChI is InChI=1S/C16H23N3/c17-16(18)14-6-3-4-12(10-14)11-19-9-8-13-5-1-2-7-15(13)19/h3-4,6,10,13,15H,1-2,5,7-9,11H2,(H3,17,18). The summed E-state index contributed by atoms with van der Waals surface area (Å²) in [4.78, 5) is 2.64. The lowest BCUT2D eigenvalue weighted by molar-refractivity contribution is 0.176. The lowest BCUT2D eigenvalue weighted by atomic mass is 9.85. The van der Waals surface area contributed by atoms with Gasteiger partial charge in [0, 0.05) is 18.2 Å². The molecule has 0 aromatic heterocycles. The second-order valence-electron chi connectivity index (χ2n) is 5.99. The zero-order valence-electron chi connectivity index (χ0n) is 11.4. The highest BCUT2D eigenvalue weighted by molar-refractivity contribution is 5.95. The van der Waals surface area contributed by atoms with Crippen LogP contribution in [0.5, 0.6) is 0 Å². The van der Waals surface area contributed by atoms with Crippen molar-refractivity contribution in [2.45, 2.75) is 44.7 Å². The van der Waals surface area contributed by atoms with Crippen molar-refractivity contribution in [2.75, 3.05) is 6.54 Å². The molecule has 3 nitrogen and oxygen atoms in total. The van der Waals surface area contributed by atoms with Crippen molar-refractivity contribution in [3.05, 3.63) is 35.4 Å². The number of hydrogen-bond acceptors (Lipinski definition) is 2. The Morgan fingerprint density at radius 3 is 2.95 bits per heavy atom. The van der Waals surface area contributed by atoms with Crippen LogP contribution < -0.4 is 5.73 Å². The summed E-state index contributed by atoms with van der Waals surface area (Å²) in [6.07, 6.45) is 6.99. The Morgan fingerprint density at radius 1 is 1.26 bits per heavy atom. The zero-order chi connectivity index (χ0) is 13.2. The van der Waals surface area contributed by atoms with Crippen LogP contribution >= 0.6 is 0 Å². The fraction of sp³-hybridized carbons (Fsp3) is 0.562. The molecule has 1 aliphatic heterocycles. The van der Waals surface area contributed by atoms with Crippen LogP contribution in [0.4, 0.5) is 0 Å². The highest BCUT2D eigenvalue weighted by Crippen LogP contribution is 2.36. The lowest BCUT2D eigenvalue weighted by Gasteiger charge is -2.31. The Morgan fingerprint density at radius 2 is 2.11 bits per heavy atom. The summed E-state index contributed by atoms with van der Waals surface area (Å²) in [5, 5.41) is 7.53. The van der Waals surface area contributed by atoms with Gasteiger partial charge in [-0.15, -0.1) is 0 Å². The van der Waals surface area contributed by atoms with E-state index in [1.54, 1.807) is 0 Å². The number of benzene rings is 1. The fourth-order valence-electron chi connectivity index (χ4n) is 3.77. The molecule has 1 aliphatic carbocycles. The number of amidine groups is 1. The SMILES string of the molecule is N=C(N)c1cccc(CN2CCC3CCCCC32)c1. The first kappa shape index (κ1) is 12.7. The monoisotopic (exact) mass is 257 g/mol. The van der Waals surface area contributed by atoms with Crippen LogP contribution in [-0.4, -0.2) is 23.3 Å². The molecule has 1 aromatic carbocycles. The van der Waals surface area contributed by atoms with Gasteiger partial charge in [0.05, 0.1) is 0 Å². The van der Waals surface area contributed by atoms with E-state index in [0.717, 1.165) is 24.1 Å². The van der Waals surface area contributed by atoms with Crippen molar-refractivity contribution in [3.63, 3.8) is 0 Å². The summed E-state index contributed by atoms with van der Waals surface area (Å²) in [5.74, 6) is 1.10. The zero-order valence-corrected chi connectivity index (χ0v) is 11.4. The average Bonchev–Trinajstić information content (AvgIpc) is 2.83. The molecule has 19 heavy (non-hydrogen) atoms. The quantitative estimate of drug-likeness (QED) is 0.646. The van der Waals surface area contributed by atoms with Gasteiger partial charge in [0.1, 0.15) is 5.84 Å². The van der Waals surface area contributed by atoms with Crippen molar-refractivity contribution < 1.29 is 0 Å². The van der Waals surface area contributed by atoms with Crippen LogP contribution in [0.25, 0.3) is 0 Å². The Hall–Kier alpha value is -1.35. The maximum absolute atomic E-state index is 7.53. The van der Waals surface area contributed by atoms with Crippen LogP contribution in [-0.2, 0) is 6.54 Å². The van der Waals surface area contributed by atoms with Crippen LogP contribution in [0.1, 0.15) is 43.2 Å². The van der Waals surface area contributed by atoms with E-state index in [1.165, 1.54) is 44.2 Å². The third kappa shape index (κ3) is 2.66. The van der Waals surface area contributed by atoms with E-state index in [4.69, 9.17) is 11.1 Å². The van der Waals surface area contributed by atoms with E-state index < -0.39 is 0 Å². The number of hydrogen-bond donors (Lipinski definition) is 2. The molecule has 3 heteroatoms. The molecule has 1 heterocycles. The molecule has 2 fully saturated rings. The largest absolute Gasteiger partial charge is 0.384 e. The number of nitrogens with zero attached hydrogens (tertiary/aromatic N) is 1. The van der Waals surface area contributed by atoms with E-state index in [2.05, 4.69) is 17.0 Å². The smallest absolute Gasteiger partial charge is 0.122 e.